The summed E-state index contributed by atoms with van der Waals surface area (Å²) >= 11 is 0. The second-order valence-electron chi connectivity index (χ2n) is 11.2. The fourth-order valence-electron chi connectivity index (χ4n) is 5.59. The number of rotatable bonds is 8. The van der Waals surface area contributed by atoms with E-state index in [-0.39, 0.29) is 43.3 Å². The molecule has 2 heterocycles. The minimum Gasteiger partial charge on any atom is -0.344 e. The number of nitrogens with one attached hydrogen (secondary N) is 4. The molecule has 15 nitrogen and oxygen atoms in total. The normalized spacial score (nSPS) is 11.8. The van der Waals surface area contributed by atoms with Crippen molar-refractivity contribution in [2.24, 2.45) is 14.1 Å². The van der Waals surface area contributed by atoms with Gasteiger partial charge in [-0.2, -0.15) is 16.8 Å². The molecular weight excluding hydrogens is 689 g/mol. The molecule has 0 atom stereocenters. The first kappa shape index (κ1) is 33.9. The van der Waals surface area contributed by atoms with Crippen molar-refractivity contribution >= 4 is 82.4 Å². The molecule has 0 bridgehead atoms. The number of carbonyl (C=O) groups excluding carboxylic acids is 3. The minimum atomic E-state index is -4.50. The van der Waals surface area contributed by atoms with Gasteiger partial charge in [0.2, 0.25) is 0 Å². The number of anilines is 4. The average molecular weight is 717 g/mol. The predicted molar refractivity (Wildman–Crippen MR) is 187 cm³/mol. The first-order chi connectivity index (χ1) is 23.6. The Bertz CT molecular complexity index is 2420. The third kappa shape index (κ3) is 6.78. The highest BCUT2D eigenvalue weighted by atomic mass is 32.2. The van der Waals surface area contributed by atoms with E-state index in [0.29, 0.717) is 22.1 Å². The number of hydrogen-bond donors (Lipinski definition) is 6. The minimum absolute atomic E-state index is 0.166. The summed E-state index contributed by atoms with van der Waals surface area (Å²) in [5.74, 6) is -1.10. The second-order valence-corrected chi connectivity index (χ2v) is 14.0. The summed E-state index contributed by atoms with van der Waals surface area (Å²) in [6.07, 6.45) is 3.02. The molecule has 4 aromatic carbocycles. The molecular formula is C33H28N6O9S2. The molecule has 4 amide bonds. The summed E-state index contributed by atoms with van der Waals surface area (Å²) in [6, 6.07) is 20.1. The van der Waals surface area contributed by atoms with Crippen LogP contribution < -0.4 is 21.3 Å². The van der Waals surface area contributed by atoms with Gasteiger partial charge < -0.3 is 30.4 Å². The Morgan fingerprint density at radius 2 is 0.900 bits per heavy atom. The maximum Gasteiger partial charge on any atom is 0.323 e. The van der Waals surface area contributed by atoms with Gasteiger partial charge in [0.25, 0.3) is 32.1 Å². The molecule has 0 aliphatic rings. The van der Waals surface area contributed by atoms with E-state index in [1.54, 1.807) is 50.5 Å². The molecule has 0 spiro atoms. The summed E-state index contributed by atoms with van der Waals surface area (Å²) in [5, 5.41) is 12.0. The monoisotopic (exact) mass is 716 g/mol. The third-order valence-electron chi connectivity index (χ3n) is 7.81. The zero-order valence-corrected chi connectivity index (χ0v) is 27.8. The molecule has 0 fully saturated rings. The molecule has 2 aromatic heterocycles. The first-order valence-electron chi connectivity index (χ1n) is 14.6. The van der Waals surface area contributed by atoms with Crippen molar-refractivity contribution < 1.29 is 40.3 Å². The number of amides is 4. The first-order valence-corrected chi connectivity index (χ1v) is 17.5. The van der Waals surface area contributed by atoms with Crippen LogP contribution in [0.25, 0.3) is 21.5 Å². The number of nitrogens with zero attached hydrogens (tertiary/aromatic N) is 2. The number of aromatic nitrogens is 2. The number of benzene rings is 4. The lowest BCUT2D eigenvalue weighted by molar-refractivity contribution is 0.101. The molecule has 6 aromatic rings. The van der Waals surface area contributed by atoms with Crippen molar-refractivity contribution in [3.8, 4) is 0 Å². The molecule has 17 heteroatoms. The van der Waals surface area contributed by atoms with Gasteiger partial charge in [-0.05, 0) is 36.4 Å². The molecule has 0 saturated heterocycles. The van der Waals surface area contributed by atoms with Crippen LogP contribution in [-0.4, -0.2) is 52.9 Å². The Morgan fingerprint density at radius 3 is 1.26 bits per heavy atom. The highest BCUT2D eigenvalue weighted by molar-refractivity contribution is 7.86. The fourth-order valence-corrected chi connectivity index (χ4v) is 6.99. The Kier molecular flexibility index (Phi) is 8.66. The largest absolute Gasteiger partial charge is 0.344 e. The van der Waals surface area contributed by atoms with Crippen molar-refractivity contribution in [2.75, 3.05) is 21.3 Å². The maximum atomic E-state index is 13.2. The lowest BCUT2D eigenvalue weighted by atomic mass is 10.1. The van der Waals surface area contributed by atoms with Crippen LogP contribution in [-0.2, 0) is 34.3 Å². The van der Waals surface area contributed by atoms with E-state index in [4.69, 9.17) is 0 Å². The topological polar surface area (TPSA) is 218 Å². The molecule has 6 N–H and O–H groups in total. The summed E-state index contributed by atoms with van der Waals surface area (Å²) in [6.45, 7) is 0. The number of urea groups is 1. The number of fused-ring (bicyclic) bond motifs is 2. The van der Waals surface area contributed by atoms with E-state index in [2.05, 4.69) is 21.3 Å². The Labute approximate surface area is 285 Å². The third-order valence-corrected chi connectivity index (χ3v) is 9.63. The van der Waals surface area contributed by atoms with Crippen LogP contribution in [0.5, 0.6) is 0 Å². The van der Waals surface area contributed by atoms with Crippen molar-refractivity contribution in [3.63, 3.8) is 0 Å². The lowest BCUT2D eigenvalue weighted by Crippen LogP contribution is -2.19. The van der Waals surface area contributed by atoms with Crippen LogP contribution in [0.4, 0.5) is 27.5 Å². The fraction of sp³-hybridized carbons (Fsp3) is 0.0606. The lowest BCUT2D eigenvalue weighted by Gasteiger charge is -2.11. The van der Waals surface area contributed by atoms with Crippen LogP contribution in [0.1, 0.15) is 21.0 Å². The van der Waals surface area contributed by atoms with E-state index in [9.17, 15) is 40.3 Å². The molecule has 6 rings (SSSR count). The van der Waals surface area contributed by atoms with Crippen molar-refractivity contribution in [3.05, 3.63) is 109 Å². The van der Waals surface area contributed by atoms with Gasteiger partial charge in [-0.1, -0.05) is 48.5 Å². The smallest absolute Gasteiger partial charge is 0.323 e. The highest BCUT2D eigenvalue weighted by Gasteiger charge is 2.21. The summed E-state index contributed by atoms with van der Waals surface area (Å²) < 4.78 is 69.5. The van der Waals surface area contributed by atoms with Gasteiger partial charge in [0.1, 0.15) is 21.2 Å². The predicted octanol–water partition coefficient (Wildman–Crippen LogP) is 5.31. The van der Waals surface area contributed by atoms with Gasteiger partial charge in [-0.15, -0.1) is 0 Å². The number of hydrogen-bond acceptors (Lipinski definition) is 7. The average Bonchev–Trinajstić information content (AvgIpc) is 3.60. The van der Waals surface area contributed by atoms with Crippen LogP contribution in [0.2, 0.25) is 0 Å². The Hall–Kier alpha value is -6.01. The molecule has 0 aliphatic carbocycles. The molecule has 0 aliphatic heterocycles. The van der Waals surface area contributed by atoms with Crippen LogP contribution >= 0.6 is 0 Å². The summed E-state index contributed by atoms with van der Waals surface area (Å²) in [5.41, 5.74) is 1.49. The zero-order valence-electron chi connectivity index (χ0n) is 26.2. The van der Waals surface area contributed by atoms with Crippen LogP contribution in [0.15, 0.2) is 107 Å². The zero-order chi connectivity index (χ0) is 36.0. The van der Waals surface area contributed by atoms with E-state index in [1.807, 2.05) is 0 Å². The van der Waals surface area contributed by atoms with Crippen molar-refractivity contribution in [2.45, 2.75) is 9.79 Å². The second kappa shape index (κ2) is 12.8. The van der Waals surface area contributed by atoms with Gasteiger partial charge in [0.05, 0.1) is 11.4 Å². The van der Waals surface area contributed by atoms with Gasteiger partial charge in [-0.3, -0.25) is 18.7 Å². The molecule has 256 valence electrons. The van der Waals surface area contributed by atoms with Gasteiger partial charge in [0, 0.05) is 59.4 Å². The van der Waals surface area contributed by atoms with E-state index >= 15 is 0 Å². The van der Waals surface area contributed by atoms with Crippen LogP contribution in [0, 0.1) is 0 Å². The SMILES string of the molecule is Cn1cc(NC(=O)Nc2cc(C(=O)Nc3ccc(S(=O)(=O)O)c4ccccc34)n(C)c2)cc1C(=O)Nc1ccc(S(=O)(=O)O)c2ccccc12. The van der Waals surface area contributed by atoms with Crippen molar-refractivity contribution in [1.29, 1.82) is 0 Å². The van der Waals surface area contributed by atoms with Gasteiger partial charge >= 0.3 is 6.03 Å². The quantitative estimate of drug-likeness (QED) is 0.112. The maximum absolute atomic E-state index is 13.2. The van der Waals surface area contributed by atoms with Crippen LogP contribution in [0.3, 0.4) is 0 Å². The molecule has 0 unspecified atom stereocenters. The molecule has 50 heavy (non-hydrogen) atoms. The number of aryl methyl sites for hydroxylation is 2. The summed E-state index contributed by atoms with van der Waals surface area (Å²) in [4.78, 5) is 38.7. The molecule has 0 radical (unpaired) electrons. The van der Waals surface area contributed by atoms with Crippen molar-refractivity contribution in [1.82, 2.24) is 9.13 Å². The Balaban J connectivity index is 1.14. The van der Waals surface area contributed by atoms with E-state index < -0.39 is 38.1 Å². The van der Waals surface area contributed by atoms with E-state index in [1.165, 1.54) is 70.1 Å². The number of carbonyl (C=O) groups is 3. The van der Waals surface area contributed by atoms with Gasteiger partial charge in [-0.25, -0.2) is 4.79 Å². The summed E-state index contributed by atoms with van der Waals surface area (Å²) in [7, 11) is -5.81. The highest BCUT2D eigenvalue weighted by Crippen LogP contribution is 2.31. The Morgan fingerprint density at radius 1 is 0.540 bits per heavy atom. The standard InChI is InChI=1S/C33H28N6O9S2/c1-38-17-19(15-27(38)31(40)36-25-11-13-29(49(43,44)45)23-9-5-3-7-21(23)25)34-33(42)35-20-16-28(39(2)18-20)32(41)37-26-12-14-30(50(46,47)48)24-10-6-4-8-22(24)26/h3-18H,1-2H3,(H,36,40)(H,37,41)(H2,34,35,42)(H,43,44,45)(H,46,47,48). The van der Waals surface area contributed by atoms with E-state index in [0.717, 1.165) is 0 Å². The van der Waals surface area contributed by atoms with Gasteiger partial charge in [0.15, 0.2) is 0 Å². The molecule has 0 saturated carbocycles.